The van der Waals surface area contributed by atoms with Gasteiger partial charge >= 0.3 is 5.69 Å². The first-order valence-corrected chi connectivity index (χ1v) is 9.40. The second-order valence-corrected chi connectivity index (χ2v) is 6.90. The van der Waals surface area contributed by atoms with Crippen LogP contribution >= 0.6 is 0 Å². The van der Waals surface area contributed by atoms with Crippen LogP contribution in [0.4, 0.5) is 0 Å². The summed E-state index contributed by atoms with van der Waals surface area (Å²) in [5.74, 6) is 0.987. The Morgan fingerprint density at radius 2 is 1.75 bits per heavy atom. The zero-order valence-corrected chi connectivity index (χ0v) is 16.1. The number of aromatic nitrogens is 4. The Balaban J connectivity index is 1.74. The lowest BCUT2D eigenvalue weighted by molar-refractivity contribution is -0.132. The minimum absolute atomic E-state index is 0.0741. The van der Waals surface area contributed by atoms with Gasteiger partial charge in [-0.05, 0) is 18.9 Å². The van der Waals surface area contributed by atoms with Gasteiger partial charge in [-0.2, -0.15) is 0 Å². The quantitative estimate of drug-likeness (QED) is 0.675. The molecule has 3 aromatic rings. The number of nitrogens with zero attached hydrogens (tertiary/aromatic N) is 5. The highest BCUT2D eigenvalue weighted by Gasteiger charge is 2.20. The van der Waals surface area contributed by atoms with E-state index in [1.807, 2.05) is 4.90 Å². The maximum Gasteiger partial charge on any atom is 0.352 e. The lowest BCUT2D eigenvalue weighted by Crippen LogP contribution is -2.37. The zero-order valence-electron chi connectivity index (χ0n) is 16.1. The molecule has 0 aliphatic carbocycles. The van der Waals surface area contributed by atoms with E-state index in [-0.39, 0.29) is 18.1 Å². The minimum atomic E-state index is -0.387. The van der Waals surface area contributed by atoms with Crippen LogP contribution in [0.3, 0.4) is 0 Å². The first-order valence-electron chi connectivity index (χ1n) is 9.40. The molecule has 0 radical (unpaired) electrons. The molecule has 3 heterocycles. The molecule has 0 unspecified atom stereocenters. The molecule has 9 heteroatoms. The van der Waals surface area contributed by atoms with Gasteiger partial charge in [-0.15, -0.1) is 5.10 Å². The van der Waals surface area contributed by atoms with Crippen molar-refractivity contribution >= 4 is 22.5 Å². The molecule has 28 heavy (non-hydrogen) atoms. The van der Waals surface area contributed by atoms with E-state index in [4.69, 9.17) is 9.47 Å². The van der Waals surface area contributed by atoms with Crippen molar-refractivity contribution in [2.24, 2.45) is 0 Å². The van der Waals surface area contributed by atoms with Gasteiger partial charge in [0.2, 0.25) is 5.91 Å². The summed E-state index contributed by atoms with van der Waals surface area (Å²) >= 11 is 0. The molecule has 0 saturated carbocycles. The number of amides is 1. The molecule has 0 atom stereocenters. The number of carbonyl (C=O) groups excluding carboxylic acids is 1. The van der Waals surface area contributed by atoms with Gasteiger partial charge in [-0.25, -0.2) is 18.9 Å². The largest absolute Gasteiger partial charge is 0.493 e. The number of likely N-dealkylation sites (tertiary alicyclic amines) is 1. The normalized spacial score (nSPS) is 15.0. The summed E-state index contributed by atoms with van der Waals surface area (Å²) in [7, 11) is 3.10. The second-order valence-electron chi connectivity index (χ2n) is 6.90. The van der Waals surface area contributed by atoms with Crippen molar-refractivity contribution in [3.05, 3.63) is 28.9 Å². The topological polar surface area (TPSA) is 91.0 Å². The summed E-state index contributed by atoms with van der Waals surface area (Å²) in [4.78, 5) is 31.5. The predicted molar refractivity (Wildman–Crippen MR) is 103 cm³/mol. The smallest absolute Gasteiger partial charge is 0.352 e. The van der Waals surface area contributed by atoms with Gasteiger partial charge in [0, 0.05) is 24.5 Å². The van der Waals surface area contributed by atoms with Crippen molar-refractivity contribution in [2.75, 3.05) is 27.3 Å². The van der Waals surface area contributed by atoms with Crippen molar-refractivity contribution in [1.82, 2.24) is 24.1 Å². The third kappa shape index (κ3) is 3.17. The lowest BCUT2D eigenvalue weighted by Gasteiger charge is -2.19. The molecule has 148 valence electrons. The van der Waals surface area contributed by atoms with Crippen LogP contribution in [0.25, 0.3) is 16.6 Å². The van der Waals surface area contributed by atoms with Crippen molar-refractivity contribution in [2.45, 2.75) is 32.2 Å². The number of ether oxygens (including phenoxy) is 2. The third-order valence-corrected chi connectivity index (χ3v) is 5.17. The second kappa shape index (κ2) is 7.49. The number of benzene rings is 1. The van der Waals surface area contributed by atoms with Crippen molar-refractivity contribution in [3.63, 3.8) is 0 Å². The van der Waals surface area contributed by atoms with Crippen LogP contribution in [0.2, 0.25) is 0 Å². The van der Waals surface area contributed by atoms with Crippen LogP contribution < -0.4 is 15.2 Å². The molecule has 1 aliphatic rings. The van der Waals surface area contributed by atoms with Gasteiger partial charge in [0.05, 0.1) is 19.7 Å². The van der Waals surface area contributed by atoms with E-state index < -0.39 is 0 Å². The molecule has 1 saturated heterocycles. The number of fused-ring (bicyclic) bond motifs is 3. The Bertz CT molecular complexity index is 1080. The average Bonchev–Trinajstić information content (AvgIpc) is 2.90. The Morgan fingerprint density at radius 3 is 2.43 bits per heavy atom. The zero-order chi connectivity index (χ0) is 19.7. The van der Waals surface area contributed by atoms with Crippen LogP contribution in [0.5, 0.6) is 11.5 Å². The number of methoxy groups -OCH3 is 2. The molecule has 2 aromatic heterocycles. The Morgan fingerprint density at radius 1 is 1.07 bits per heavy atom. The standard InChI is InChI=1S/C19H23N5O4/c1-27-15-9-13-14(10-16(15)28-2)20-12-23-18(13)21-24(19(23)26)11-17(25)22-7-5-3-4-6-8-22/h9-10,12H,3-8,11H2,1-2H3. The Hall–Kier alpha value is -3.10. The summed E-state index contributed by atoms with van der Waals surface area (Å²) in [6.45, 7) is 1.40. The maximum absolute atomic E-state index is 12.7. The van der Waals surface area contributed by atoms with Gasteiger partial charge in [-0.1, -0.05) is 12.8 Å². The molecule has 1 aromatic carbocycles. The summed E-state index contributed by atoms with van der Waals surface area (Å²) in [5.41, 5.74) is 0.670. The predicted octanol–water partition coefficient (Wildman–Crippen LogP) is 1.46. The van der Waals surface area contributed by atoms with E-state index in [0.717, 1.165) is 38.8 Å². The highest BCUT2D eigenvalue weighted by atomic mass is 16.5. The average molecular weight is 385 g/mol. The molecule has 1 aliphatic heterocycles. The van der Waals surface area contributed by atoms with Gasteiger partial charge in [-0.3, -0.25) is 4.79 Å². The molecule has 1 amide bonds. The Labute approximate surface area is 161 Å². The van der Waals surface area contributed by atoms with E-state index in [1.54, 1.807) is 26.4 Å². The van der Waals surface area contributed by atoms with Crippen LogP contribution in [-0.2, 0) is 11.3 Å². The first-order chi connectivity index (χ1) is 13.6. The van der Waals surface area contributed by atoms with Crippen LogP contribution in [0.15, 0.2) is 23.3 Å². The van der Waals surface area contributed by atoms with E-state index in [1.165, 1.54) is 15.4 Å². The minimum Gasteiger partial charge on any atom is -0.493 e. The number of hydrogen-bond donors (Lipinski definition) is 0. The van der Waals surface area contributed by atoms with Crippen LogP contribution in [0.1, 0.15) is 25.7 Å². The van der Waals surface area contributed by atoms with Gasteiger partial charge < -0.3 is 14.4 Å². The number of rotatable bonds is 4. The SMILES string of the molecule is COc1cc2ncn3c(=O)n(CC(=O)N4CCCCCC4)nc3c2cc1OC. The first kappa shape index (κ1) is 18.3. The Kier molecular flexibility index (Phi) is 4.89. The highest BCUT2D eigenvalue weighted by Crippen LogP contribution is 2.32. The lowest BCUT2D eigenvalue weighted by atomic mass is 10.2. The van der Waals surface area contributed by atoms with E-state index in [2.05, 4.69) is 10.1 Å². The number of carbonyl (C=O) groups is 1. The van der Waals surface area contributed by atoms with Crippen molar-refractivity contribution < 1.29 is 14.3 Å². The molecule has 0 N–H and O–H groups in total. The molecule has 4 rings (SSSR count). The molecule has 9 nitrogen and oxygen atoms in total. The molecular weight excluding hydrogens is 362 g/mol. The van der Waals surface area contributed by atoms with Gasteiger partial charge in [0.25, 0.3) is 0 Å². The van der Waals surface area contributed by atoms with E-state index >= 15 is 0 Å². The third-order valence-electron chi connectivity index (χ3n) is 5.17. The summed E-state index contributed by atoms with van der Waals surface area (Å²) in [6.07, 6.45) is 5.71. The van der Waals surface area contributed by atoms with Crippen molar-refractivity contribution in [3.8, 4) is 11.5 Å². The van der Waals surface area contributed by atoms with Crippen LogP contribution in [0, 0.1) is 0 Å². The fraction of sp³-hybridized carbons (Fsp3) is 0.474. The fourth-order valence-corrected chi connectivity index (χ4v) is 3.63. The summed E-state index contributed by atoms with van der Waals surface area (Å²) < 4.78 is 13.2. The van der Waals surface area contributed by atoms with Crippen LogP contribution in [-0.4, -0.2) is 57.3 Å². The molecule has 0 bridgehead atoms. The number of hydrogen-bond acceptors (Lipinski definition) is 6. The summed E-state index contributed by atoms with van der Waals surface area (Å²) in [5, 5.41) is 5.06. The van der Waals surface area contributed by atoms with E-state index in [9.17, 15) is 9.59 Å². The monoisotopic (exact) mass is 385 g/mol. The van der Waals surface area contributed by atoms with Gasteiger partial charge in [0.1, 0.15) is 12.9 Å². The highest BCUT2D eigenvalue weighted by molar-refractivity contribution is 5.93. The fourth-order valence-electron chi connectivity index (χ4n) is 3.63. The van der Waals surface area contributed by atoms with Gasteiger partial charge in [0.15, 0.2) is 17.1 Å². The van der Waals surface area contributed by atoms with Crippen molar-refractivity contribution in [1.29, 1.82) is 0 Å². The molecule has 1 fully saturated rings. The molecule has 0 spiro atoms. The van der Waals surface area contributed by atoms with E-state index in [0.29, 0.717) is 28.0 Å². The maximum atomic E-state index is 12.7. The summed E-state index contributed by atoms with van der Waals surface area (Å²) in [6, 6.07) is 3.48. The molecular formula is C19H23N5O4.